The predicted molar refractivity (Wildman–Crippen MR) is 63.2 cm³/mol. The molecule has 0 unspecified atom stereocenters. The maximum absolute atomic E-state index is 11.4. The lowest BCUT2D eigenvalue weighted by Crippen LogP contribution is -2.03. The van der Waals surface area contributed by atoms with Crippen LogP contribution >= 0.6 is 0 Å². The van der Waals surface area contributed by atoms with Gasteiger partial charge in [0.1, 0.15) is 0 Å². The van der Waals surface area contributed by atoms with E-state index in [4.69, 9.17) is 0 Å². The van der Waals surface area contributed by atoms with E-state index in [0.29, 0.717) is 0 Å². The number of amides is 1. The number of hydrogen-bond donors (Lipinski definition) is 1. The zero-order valence-electron chi connectivity index (χ0n) is 8.87. The Morgan fingerprint density at radius 1 is 1.00 bits per heavy atom. The summed E-state index contributed by atoms with van der Waals surface area (Å²) in [6.45, 7) is 4.00. The largest absolute Gasteiger partial charge is 0.321 e. The minimum Gasteiger partial charge on any atom is -0.321 e. The van der Waals surface area contributed by atoms with Crippen LogP contribution in [0.3, 0.4) is 0 Å². The highest BCUT2D eigenvalue weighted by atomic mass is 16.1. The van der Waals surface area contributed by atoms with Crippen LogP contribution in [0.15, 0.2) is 36.4 Å². The van der Waals surface area contributed by atoms with Gasteiger partial charge in [-0.2, -0.15) is 0 Å². The molecule has 2 nitrogen and oxygen atoms in total. The van der Waals surface area contributed by atoms with E-state index in [0.717, 1.165) is 22.0 Å². The van der Waals surface area contributed by atoms with Gasteiger partial charge >= 0.3 is 0 Å². The first-order chi connectivity index (χ1) is 7.36. The van der Waals surface area contributed by atoms with Crippen LogP contribution in [0, 0.1) is 0 Å². The van der Waals surface area contributed by atoms with E-state index >= 15 is 0 Å². The Bertz CT molecular complexity index is 512. The summed E-state index contributed by atoms with van der Waals surface area (Å²) < 4.78 is 0. The first kappa shape index (κ1) is 9.71. The van der Waals surface area contributed by atoms with Gasteiger partial charge in [-0.25, -0.2) is 0 Å². The standard InChI is InChI=1S/C11H7NO.C2H6/c13-11-8-5-1-3-7-4-2-6-9(12-11)10(7)8;1-2/h1-6H,(H,12,13);1-2H3. The molecule has 2 aromatic carbocycles. The highest BCUT2D eigenvalue weighted by Crippen LogP contribution is 2.32. The molecule has 1 amide bonds. The molecule has 0 radical (unpaired) electrons. The van der Waals surface area contributed by atoms with Gasteiger partial charge in [0.25, 0.3) is 5.91 Å². The average molecular weight is 199 g/mol. The van der Waals surface area contributed by atoms with Gasteiger partial charge in [-0.05, 0) is 17.5 Å². The van der Waals surface area contributed by atoms with Crippen LogP contribution in [-0.2, 0) is 0 Å². The molecule has 0 aliphatic carbocycles. The summed E-state index contributed by atoms with van der Waals surface area (Å²) in [5.74, 6) is 0.00630. The van der Waals surface area contributed by atoms with Gasteiger partial charge in [-0.1, -0.05) is 38.1 Å². The molecule has 0 saturated heterocycles. The minimum atomic E-state index is 0.00630. The summed E-state index contributed by atoms with van der Waals surface area (Å²) in [7, 11) is 0. The second kappa shape index (κ2) is 3.73. The molecular formula is C13H13NO. The third-order valence-electron chi connectivity index (χ3n) is 2.40. The monoisotopic (exact) mass is 199 g/mol. The third kappa shape index (κ3) is 1.38. The molecular weight excluding hydrogens is 186 g/mol. The van der Waals surface area contributed by atoms with Gasteiger partial charge in [0.2, 0.25) is 0 Å². The number of benzene rings is 2. The second-order valence-electron chi connectivity index (χ2n) is 3.16. The molecule has 0 spiro atoms. The maximum atomic E-state index is 11.4. The number of carbonyl (C=O) groups is 1. The predicted octanol–water partition coefficient (Wildman–Crippen LogP) is 3.43. The molecule has 2 heteroatoms. The summed E-state index contributed by atoms with van der Waals surface area (Å²) in [5.41, 5.74) is 1.71. The molecule has 0 saturated carbocycles. The van der Waals surface area contributed by atoms with Crippen molar-refractivity contribution in [1.29, 1.82) is 0 Å². The van der Waals surface area contributed by atoms with E-state index in [1.54, 1.807) is 0 Å². The quantitative estimate of drug-likeness (QED) is 0.692. The zero-order chi connectivity index (χ0) is 10.8. The van der Waals surface area contributed by atoms with Crippen LogP contribution in [0.2, 0.25) is 0 Å². The molecule has 0 bridgehead atoms. The van der Waals surface area contributed by atoms with Crippen molar-refractivity contribution in [3.8, 4) is 0 Å². The van der Waals surface area contributed by atoms with Gasteiger partial charge in [0.05, 0.1) is 0 Å². The molecule has 0 fully saturated rings. The van der Waals surface area contributed by atoms with Crippen LogP contribution in [0.25, 0.3) is 10.8 Å². The molecule has 1 aliphatic rings. The zero-order valence-corrected chi connectivity index (χ0v) is 8.87. The Morgan fingerprint density at radius 3 is 2.40 bits per heavy atom. The molecule has 15 heavy (non-hydrogen) atoms. The lowest BCUT2D eigenvalue weighted by atomic mass is 10.1. The maximum Gasteiger partial charge on any atom is 0.256 e. The smallest absolute Gasteiger partial charge is 0.256 e. The van der Waals surface area contributed by atoms with Crippen LogP contribution < -0.4 is 5.32 Å². The van der Waals surface area contributed by atoms with Crippen molar-refractivity contribution in [2.24, 2.45) is 0 Å². The minimum absolute atomic E-state index is 0.00630. The lowest BCUT2D eigenvalue weighted by Gasteiger charge is -1.97. The van der Waals surface area contributed by atoms with E-state index < -0.39 is 0 Å². The Kier molecular flexibility index (Phi) is 2.42. The molecule has 76 valence electrons. The van der Waals surface area contributed by atoms with Gasteiger partial charge in [0.15, 0.2) is 0 Å². The van der Waals surface area contributed by atoms with Crippen molar-refractivity contribution < 1.29 is 4.79 Å². The first-order valence-electron chi connectivity index (χ1n) is 5.19. The van der Waals surface area contributed by atoms with Crippen LogP contribution in [-0.4, -0.2) is 5.91 Å². The molecule has 1 N–H and O–H groups in total. The molecule has 0 aromatic heterocycles. The third-order valence-corrected chi connectivity index (χ3v) is 2.40. The van der Waals surface area contributed by atoms with Crippen molar-refractivity contribution in [3.05, 3.63) is 42.0 Å². The number of rotatable bonds is 0. The van der Waals surface area contributed by atoms with E-state index in [-0.39, 0.29) is 5.91 Å². The number of carbonyl (C=O) groups excluding carboxylic acids is 1. The van der Waals surface area contributed by atoms with Crippen molar-refractivity contribution in [1.82, 2.24) is 0 Å². The summed E-state index contributed by atoms with van der Waals surface area (Å²) in [5, 5.41) is 5.00. The fourth-order valence-corrected chi connectivity index (χ4v) is 1.82. The molecule has 3 rings (SSSR count). The summed E-state index contributed by atoms with van der Waals surface area (Å²) in [6, 6.07) is 11.7. The average Bonchev–Trinajstić information content (AvgIpc) is 2.62. The van der Waals surface area contributed by atoms with Gasteiger partial charge < -0.3 is 5.32 Å². The number of nitrogens with one attached hydrogen (secondary N) is 1. The van der Waals surface area contributed by atoms with Crippen LogP contribution in [0.5, 0.6) is 0 Å². The highest BCUT2D eigenvalue weighted by molar-refractivity contribution is 6.23. The van der Waals surface area contributed by atoms with E-state index in [2.05, 4.69) is 5.32 Å². The van der Waals surface area contributed by atoms with Gasteiger partial charge in [-0.3, -0.25) is 4.79 Å². The van der Waals surface area contributed by atoms with Crippen LogP contribution in [0.1, 0.15) is 24.2 Å². The van der Waals surface area contributed by atoms with Crippen molar-refractivity contribution in [3.63, 3.8) is 0 Å². The lowest BCUT2D eigenvalue weighted by molar-refractivity contribution is 0.103. The SMILES string of the molecule is CC.O=C1Nc2cccc3cccc1c23. The molecule has 0 atom stereocenters. The summed E-state index contributed by atoms with van der Waals surface area (Å²) in [4.78, 5) is 11.4. The second-order valence-corrected chi connectivity index (χ2v) is 3.16. The molecule has 1 aliphatic heterocycles. The Morgan fingerprint density at radius 2 is 1.67 bits per heavy atom. The van der Waals surface area contributed by atoms with Crippen LogP contribution in [0.4, 0.5) is 5.69 Å². The molecule has 1 heterocycles. The number of anilines is 1. The summed E-state index contributed by atoms with van der Waals surface area (Å²) >= 11 is 0. The van der Waals surface area contributed by atoms with Crippen molar-refractivity contribution >= 4 is 22.4 Å². The van der Waals surface area contributed by atoms with Crippen molar-refractivity contribution in [2.45, 2.75) is 13.8 Å². The number of hydrogen-bond acceptors (Lipinski definition) is 1. The van der Waals surface area contributed by atoms with E-state index in [9.17, 15) is 4.79 Å². The van der Waals surface area contributed by atoms with E-state index in [1.165, 1.54) is 0 Å². The normalized spacial score (nSPS) is 12.0. The topological polar surface area (TPSA) is 29.1 Å². The molecule has 2 aromatic rings. The van der Waals surface area contributed by atoms with Gasteiger partial charge in [0, 0.05) is 16.6 Å². The first-order valence-corrected chi connectivity index (χ1v) is 5.19. The Balaban J connectivity index is 0.000000404. The summed E-state index contributed by atoms with van der Waals surface area (Å²) in [6.07, 6.45) is 0. The highest BCUT2D eigenvalue weighted by Gasteiger charge is 2.19. The fourth-order valence-electron chi connectivity index (χ4n) is 1.82. The van der Waals surface area contributed by atoms with Gasteiger partial charge in [-0.15, -0.1) is 0 Å². The van der Waals surface area contributed by atoms with E-state index in [1.807, 2.05) is 50.2 Å². The Labute approximate surface area is 88.9 Å². The fraction of sp³-hybridized carbons (Fsp3) is 0.154. The Hall–Kier alpha value is -1.83. The van der Waals surface area contributed by atoms with Crippen molar-refractivity contribution in [2.75, 3.05) is 5.32 Å².